The summed E-state index contributed by atoms with van der Waals surface area (Å²) in [6, 6.07) is 0. The van der Waals surface area contributed by atoms with Crippen LogP contribution in [0.3, 0.4) is 0 Å². The van der Waals surface area contributed by atoms with E-state index in [-0.39, 0.29) is 13.8 Å². The topological polar surface area (TPSA) is 34.1 Å². The van der Waals surface area contributed by atoms with Crippen LogP contribution in [0.5, 0.6) is 0 Å². The van der Waals surface area contributed by atoms with Crippen LogP contribution in [0, 0.1) is 0 Å². The fraction of sp³-hybridized carbons (Fsp3) is 1.00. The van der Waals surface area contributed by atoms with Crippen LogP contribution in [-0.4, -0.2) is 30.3 Å². The number of hydrogen-bond donors (Lipinski definition) is 0. The minimum atomic E-state index is -6.69. The van der Waals surface area contributed by atoms with Gasteiger partial charge in [0.2, 0.25) is 0 Å². The maximum atomic E-state index is 13.5. The lowest BCUT2D eigenvalue weighted by molar-refractivity contribution is -0.0981. The van der Waals surface area contributed by atoms with E-state index in [0.717, 1.165) is 13.8 Å². The summed E-state index contributed by atoms with van der Waals surface area (Å²) >= 11 is 0. The molecule has 0 N–H and O–H groups in total. The van der Waals surface area contributed by atoms with Crippen molar-refractivity contribution < 1.29 is 34.8 Å². The number of hydrogen-bond acceptors (Lipinski definition) is 2. The van der Waals surface area contributed by atoms with Gasteiger partial charge in [0.15, 0.2) is 11.3 Å². The van der Waals surface area contributed by atoms with Crippen molar-refractivity contribution in [2.75, 3.05) is 0 Å². The first kappa shape index (κ1) is 18.5. The van der Waals surface area contributed by atoms with E-state index in [0.29, 0.717) is 0 Å². The zero-order valence-electron chi connectivity index (χ0n) is 10.9. The average molecular weight is 314 g/mol. The highest BCUT2D eigenvalue weighted by Gasteiger charge is 2.74. The molecular formula is C10H16F6O2S. The van der Waals surface area contributed by atoms with Crippen molar-refractivity contribution in [3.63, 3.8) is 0 Å². The molecule has 0 aliphatic carbocycles. The Hall–Kier alpha value is -0.470. The number of rotatable bonds is 6. The number of alkyl halides is 6. The quantitative estimate of drug-likeness (QED) is 0.698. The Bertz CT molecular complexity index is 393. The van der Waals surface area contributed by atoms with Gasteiger partial charge < -0.3 is 0 Å². The fourth-order valence-electron chi connectivity index (χ4n) is 1.13. The largest absolute Gasteiger partial charge is 0.384 e. The van der Waals surface area contributed by atoms with Gasteiger partial charge >= 0.3 is 10.5 Å². The summed E-state index contributed by atoms with van der Waals surface area (Å²) in [5, 5.41) is -10.8. The van der Waals surface area contributed by atoms with Crippen molar-refractivity contribution in [3.8, 4) is 0 Å². The molecule has 0 spiro atoms. The van der Waals surface area contributed by atoms with Gasteiger partial charge in [-0.15, -0.1) is 0 Å². The molecule has 2 atom stereocenters. The van der Waals surface area contributed by atoms with Gasteiger partial charge in [-0.3, -0.25) is 0 Å². The molecule has 0 aromatic rings. The second-order valence-electron chi connectivity index (χ2n) is 4.64. The first-order chi connectivity index (χ1) is 8.12. The maximum absolute atomic E-state index is 13.5. The van der Waals surface area contributed by atoms with Gasteiger partial charge in [-0.25, -0.2) is 17.2 Å². The minimum absolute atomic E-state index is 0.183. The monoisotopic (exact) mass is 314 g/mol. The lowest BCUT2D eigenvalue weighted by Gasteiger charge is -2.35. The second kappa shape index (κ2) is 4.82. The summed E-state index contributed by atoms with van der Waals surface area (Å²) in [6.45, 7) is 2.11. The maximum Gasteiger partial charge on any atom is 0.384 e. The molecule has 0 aliphatic rings. The van der Waals surface area contributed by atoms with Gasteiger partial charge in [-0.05, 0) is 26.7 Å². The van der Waals surface area contributed by atoms with Gasteiger partial charge in [0.25, 0.3) is 9.84 Å². The Morgan fingerprint density at radius 2 is 0.947 bits per heavy atom. The first-order valence-electron chi connectivity index (χ1n) is 5.50. The molecule has 2 unspecified atom stereocenters. The molecule has 0 aliphatic heterocycles. The van der Waals surface area contributed by atoms with E-state index in [1.165, 1.54) is 0 Å². The van der Waals surface area contributed by atoms with Crippen molar-refractivity contribution in [1.82, 2.24) is 0 Å². The van der Waals surface area contributed by atoms with Crippen LogP contribution in [-0.2, 0) is 9.84 Å². The summed E-state index contributed by atoms with van der Waals surface area (Å²) in [5.74, 6) is 0. The normalized spacial score (nSPS) is 20.7. The SMILES string of the molecule is CCC(C)(F)C(F)(F)S(=O)(=O)C(F)(F)C(C)(F)CC. The molecule has 0 radical (unpaired) electrons. The van der Waals surface area contributed by atoms with E-state index in [9.17, 15) is 34.8 Å². The van der Waals surface area contributed by atoms with E-state index in [1.807, 2.05) is 0 Å². The highest BCUT2D eigenvalue weighted by Crippen LogP contribution is 2.50. The van der Waals surface area contributed by atoms with E-state index < -0.39 is 44.5 Å². The molecule has 0 aromatic carbocycles. The summed E-state index contributed by atoms with van der Waals surface area (Å²) in [7, 11) is -6.69. The molecule has 0 heterocycles. The molecule has 0 aromatic heterocycles. The Labute approximate surface area is 108 Å². The molecular weight excluding hydrogens is 298 g/mol. The second-order valence-corrected chi connectivity index (χ2v) is 6.67. The molecule has 9 heteroatoms. The van der Waals surface area contributed by atoms with Crippen molar-refractivity contribution in [3.05, 3.63) is 0 Å². The Kier molecular flexibility index (Phi) is 4.70. The van der Waals surface area contributed by atoms with Crippen LogP contribution in [0.2, 0.25) is 0 Å². The molecule has 0 amide bonds. The summed E-state index contributed by atoms with van der Waals surface area (Å²) in [4.78, 5) is 0. The Morgan fingerprint density at radius 3 is 1.11 bits per heavy atom. The zero-order valence-corrected chi connectivity index (χ0v) is 11.7. The smallest absolute Gasteiger partial charge is 0.236 e. The standard InChI is InChI=1S/C10H16F6O2S/c1-5-7(3,11)9(13,14)19(17,18)10(15,16)8(4,12)6-2/h5-6H2,1-4H3. The lowest BCUT2D eigenvalue weighted by atomic mass is 10.1. The van der Waals surface area contributed by atoms with Crippen molar-refractivity contribution in [2.45, 2.75) is 62.4 Å². The minimum Gasteiger partial charge on any atom is -0.236 e. The molecule has 0 bridgehead atoms. The summed E-state index contributed by atoms with van der Waals surface area (Å²) in [5.41, 5.74) is -7.45. The molecule has 0 saturated heterocycles. The van der Waals surface area contributed by atoms with Gasteiger partial charge in [-0.2, -0.15) is 17.6 Å². The third-order valence-corrected chi connectivity index (χ3v) is 5.42. The van der Waals surface area contributed by atoms with Crippen molar-refractivity contribution in [1.29, 1.82) is 0 Å². The average Bonchev–Trinajstić information content (AvgIpc) is 2.27. The van der Waals surface area contributed by atoms with Gasteiger partial charge in [0.05, 0.1) is 0 Å². The van der Waals surface area contributed by atoms with E-state index in [2.05, 4.69) is 0 Å². The molecule has 0 saturated carbocycles. The predicted molar refractivity (Wildman–Crippen MR) is 58.4 cm³/mol. The van der Waals surface area contributed by atoms with Crippen LogP contribution in [0.4, 0.5) is 26.3 Å². The van der Waals surface area contributed by atoms with E-state index in [1.54, 1.807) is 0 Å². The summed E-state index contributed by atoms with van der Waals surface area (Å²) in [6.07, 6.45) is -2.05. The highest BCUT2D eigenvalue weighted by atomic mass is 32.2. The zero-order chi connectivity index (χ0) is 15.9. The fourth-order valence-corrected chi connectivity index (χ4v) is 2.86. The molecule has 0 rings (SSSR count). The van der Waals surface area contributed by atoms with E-state index in [4.69, 9.17) is 0 Å². The van der Waals surface area contributed by atoms with Crippen molar-refractivity contribution >= 4 is 9.84 Å². The van der Waals surface area contributed by atoms with Crippen molar-refractivity contribution in [2.24, 2.45) is 0 Å². The first-order valence-corrected chi connectivity index (χ1v) is 6.98. The number of sulfone groups is 1. The molecule has 116 valence electrons. The van der Waals surface area contributed by atoms with Crippen LogP contribution < -0.4 is 0 Å². The molecule has 0 fully saturated rings. The van der Waals surface area contributed by atoms with Crippen LogP contribution in [0.25, 0.3) is 0 Å². The van der Waals surface area contributed by atoms with E-state index >= 15 is 0 Å². The van der Waals surface area contributed by atoms with Crippen LogP contribution in [0.15, 0.2) is 0 Å². The third kappa shape index (κ3) is 2.45. The lowest BCUT2D eigenvalue weighted by Crippen LogP contribution is -2.59. The highest BCUT2D eigenvalue weighted by molar-refractivity contribution is 7.93. The Balaban J connectivity index is 6.04. The Morgan fingerprint density at radius 1 is 0.737 bits per heavy atom. The van der Waals surface area contributed by atoms with Crippen LogP contribution in [0.1, 0.15) is 40.5 Å². The van der Waals surface area contributed by atoms with Crippen LogP contribution >= 0.6 is 0 Å². The molecule has 19 heavy (non-hydrogen) atoms. The van der Waals surface area contributed by atoms with Gasteiger partial charge in [0, 0.05) is 0 Å². The van der Waals surface area contributed by atoms with Gasteiger partial charge in [0.1, 0.15) is 0 Å². The summed E-state index contributed by atoms with van der Waals surface area (Å²) < 4.78 is 104. The third-order valence-electron chi connectivity index (χ3n) is 3.22. The predicted octanol–water partition coefficient (Wildman–Crippen LogP) is 3.86. The van der Waals surface area contributed by atoms with Gasteiger partial charge in [-0.1, -0.05) is 13.8 Å². The number of halogens is 6. The molecule has 2 nitrogen and oxygen atoms in total.